The van der Waals surface area contributed by atoms with E-state index in [-0.39, 0.29) is 18.6 Å². The number of hydrogen-bond acceptors (Lipinski definition) is 5. The van der Waals surface area contributed by atoms with Crippen LogP contribution in [-0.4, -0.2) is 53.9 Å². The molecule has 0 saturated carbocycles. The quantitative estimate of drug-likeness (QED) is 0.758. The average molecular weight is 335 g/mol. The number of para-hydroxylation sites is 1. The number of aliphatic hydroxyl groups excluding tert-OH is 2. The number of hydrogen-bond donors (Lipinski definition) is 3. The molecule has 1 heterocycles. The van der Waals surface area contributed by atoms with Crippen LogP contribution in [0.1, 0.15) is 16.8 Å². The number of aliphatic hydroxyl groups is 2. The molecule has 128 valence electrons. The topological polar surface area (TPSA) is 88.0 Å². The Morgan fingerprint density at radius 2 is 2.09 bits per heavy atom. The summed E-state index contributed by atoms with van der Waals surface area (Å²) in [6.07, 6.45) is -6.66. The number of alkyl halides is 3. The first-order valence-corrected chi connectivity index (χ1v) is 6.88. The normalized spacial score (nSPS) is 25.0. The average Bonchev–Trinajstić information content (AvgIpc) is 2.48. The van der Waals surface area contributed by atoms with Crippen molar-refractivity contribution in [1.82, 2.24) is 5.32 Å². The summed E-state index contributed by atoms with van der Waals surface area (Å²) in [5, 5.41) is 21.5. The van der Waals surface area contributed by atoms with Crippen molar-refractivity contribution in [2.45, 2.75) is 31.0 Å². The molecule has 0 radical (unpaired) electrons. The third-order valence-electron chi connectivity index (χ3n) is 3.41. The second kappa shape index (κ2) is 7.16. The van der Waals surface area contributed by atoms with Gasteiger partial charge in [0.2, 0.25) is 0 Å². The minimum Gasteiger partial charge on any atom is -0.405 e. The summed E-state index contributed by atoms with van der Waals surface area (Å²) in [4.78, 5) is 12.2. The Balaban J connectivity index is 2.12. The van der Waals surface area contributed by atoms with Crippen molar-refractivity contribution < 1.29 is 37.7 Å². The van der Waals surface area contributed by atoms with E-state index in [0.717, 1.165) is 6.07 Å². The maximum absolute atomic E-state index is 12.4. The van der Waals surface area contributed by atoms with Gasteiger partial charge in [-0.15, -0.1) is 13.2 Å². The van der Waals surface area contributed by atoms with E-state index >= 15 is 0 Å². The van der Waals surface area contributed by atoms with E-state index < -0.39 is 42.9 Å². The fraction of sp³-hybridized carbons (Fsp3) is 0.500. The minimum absolute atomic E-state index is 0.202. The Morgan fingerprint density at radius 3 is 2.74 bits per heavy atom. The molecule has 6 nitrogen and oxygen atoms in total. The molecule has 3 atom stereocenters. The third kappa shape index (κ3) is 4.57. The van der Waals surface area contributed by atoms with Crippen LogP contribution in [0.4, 0.5) is 13.2 Å². The zero-order valence-corrected chi connectivity index (χ0v) is 11.9. The molecule has 0 spiro atoms. The molecule has 0 aromatic heterocycles. The highest BCUT2D eigenvalue weighted by molar-refractivity contribution is 5.97. The van der Waals surface area contributed by atoms with E-state index in [1.807, 2.05) is 0 Å². The zero-order chi connectivity index (χ0) is 17.0. The molecule has 1 aromatic carbocycles. The van der Waals surface area contributed by atoms with E-state index in [1.54, 1.807) is 0 Å². The van der Waals surface area contributed by atoms with Crippen LogP contribution in [0.25, 0.3) is 0 Å². The second-order valence-electron chi connectivity index (χ2n) is 5.00. The summed E-state index contributed by atoms with van der Waals surface area (Å²) in [6, 6.07) is 4.18. The van der Waals surface area contributed by atoms with Crippen molar-refractivity contribution in [3.05, 3.63) is 29.8 Å². The van der Waals surface area contributed by atoms with Crippen molar-refractivity contribution >= 4 is 5.91 Å². The molecular weight excluding hydrogens is 319 g/mol. The zero-order valence-electron chi connectivity index (χ0n) is 11.9. The number of ether oxygens (including phenoxy) is 2. The van der Waals surface area contributed by atoms with Gasteiger partial charge in [-0.3, -0.25) is 4.79 Å². The number of carbonyl (C=O) groups excluding carboxylic acids is 1. The standard InChI is InChI=1S/C14H16F3NO5/c15-14(16,17)23-10-4-2-1-3-8(10)13(21)18-9-5-6-22-11(7-19)12(9)20/h1-4,9,11-12,19-20H,5-7H2,(H,18,21)/t9-,11+,12-/m0/s1. The van der Waals surface area contributed by atoms with Crippen LogP contribution in [0.5, 0.6) is 5.75 Å². The van der Waals surface area contributed by atoms with E-state index in [0.29, 0.717) is 0 Å². The molecule has 1 amide bonds. The molecule has 1 saturated heterocycles. The van der Waals surface area contributed by atoms with Crippen LogP contribution in [0, 0.1) is 0 Å². The minimum atomic E-state index is -4.92. The number of amides is 1. The summed E-state index contributed by atoms with van der Waals surface area (Å²) in [7, 11) is 0. The first kappa shape index (κ1) is 17.5. The third-order valence-corrected chi connectivity index (χ3v) is 3.41. The Kier molecular flexibility index (Phi) is 5.45. The molecule has 2 rings (SSSR count). The molecule has 0 unspecified atom stereocenters. The van der Waals surface area contributed by atoms with E-state index in [4.69, 9.17) is 9.84 Å². The van der Waals surface area contributed by atoms with Gasteiger partial charge >= 0.3 is 6.36 Å². The van der Waals surface area contributed by atoms with Crippen LogP contribution < -0.4 is 10.1 Å². The van der Waals surface area contributed by atoms with Gasteiger partial charge in [-0.2, -0.15) is 0 Å². The number of carbonyl (C=O) groups is 1. The largest absolute Gasteiger partial charge is 0.573 e. The van der Waals surface area contributed by atoms with Crippen molar-refractivity contribution in [3.8, 4) is 5.75 Å². The van der Waals surface area contributed by atoms with E-state index in [1.165, 1.54) is 18.2 Å². The number of halogens is 3. The lowest BCUT2D eigenvalue weighted by Gasteiger charge is -2.34. The van der Waals surface area contributed by atoms with E-state index in [2.05, 4.69) is 10.1 Å². The lowest BCUT2D eigenvalue weighted by molar-refractivity contribution is -0.274. The molecule has 1 aliphatic heterocycles. The van der Waals surface area contributed by atoms with Crippen LogP contribution in [0.15, 0.2) is 24.3 Å². The molecular formula is C14H16F3NO5. The smallest absolute Gasteiger partial charge is 0.405 e. The first-order valence-electron chi connectivity index (χ1n) is 6.88. The molecule has 9 heteroatoms. The molecule has 0 aliphatic carbocycles. The highest BCUT2D eigenvalue weighted by Gasteiger charge is 2.35. The van der Waals surface area contributed by atoms with Gasteiger partial charge in [0.1, 0.15) is 18.0 Å². The Labute approximate surface area is 129 Å². The summed E-state index contributed by atoms with van der Waals surface area (Å²) >= 11 is 0. The fourth-order valence-corrected chi connectivity index (χ4v) is 2.31. The van der Waals surface area contributed by atoms with Crippen molar-refractivity contribution in [2.75, 3.05) is 13.2 Å². The summed E-state index contributed by atoms with van der Waals surface area (Å²) in [6.45, 7) is -0.227. The van der Waals surface area contributed by atoms with Crippen LogP contribution in [0.3, 0.4) is 0 Å². The molecule has 0 bridgehead atoms. The van der Waals surface area contributed by atoms with Crippen LogP contribution in [-0.2, 0) is 4.74 Å². The van der Waals surface area contributed by atoms with Gasteiger partial charge in [-0.25, -0.2) is 0 Å². The number of nitrogens with one attached hydrogen (secondary N) is 1. The summed E-state index contributed by atoms with van der Waals surface area (Å²) in [5.74, 6) is -1.44. The van der Waals surface area contributed by atoms with Gasteiger partial charge in [0.25, 0.3) is 5.91 Å². The maximum Gasteiger partial charge on any atom is 0.573 e. The van der Waals surface area contributed by atoms with Crippen molar-refractivity contribution in [1.29, 1.82) is 0 Å². The molecule has 1 aromatic rings. The monoisotopic (exact) mass is 335 g/mol. The molecule has 1 fully saturated rings. The highest BCUT2D eigenvalue weighted by Crippen LogP contribution is 2.26. The Morgan fingerprint density at radius 1 is 1.39 bits per heavy atom. The van der Waals surface area contributed by atoms with Gasteiger partial charge in [-0.1, -0.05) is 12.1 Å². The van der Waals surface area contributed by atoms with Gasteiger partial charge in [-0.05, 0) is 18.6 Å². The van der Waals surface area contributed by atoms with Crippen LogP contribution >= 0.6 is 0 Å². The number of benzene rings is 1. The predicted molar refractivity (Wildman–Crippen MR) is 71.8 cm³/mol. The van der Waals surface area contributed by atoms with Gasteiger partial charge in [0.15, 0.2) is 0 Å². The molecule has 3 N–H and O–H groups in total. The maximum atomic E-state index is 12.4. The van der Waals surface area contributed by atoms with E-state index in [9.17, 15) is 23.1 Å². The Hall–Kier alpha value is -1.84. The van der Waals surface area contributed by atoms with Gasteiger partial charge < -0.3 is 25.0 Å². The lowest BCUT2D eigenvalue weighted by Crippen LogP contribution is -2.54. The predicted octanol–water partition coefficient (Wildman–Crippen LogP) is 0.826. The highest BCUT2D eigenvalue weighted by atomic mass is 19.4. The summed E-state index contributed by atoms with van der Waals surface area (Å²) in [5.41, 5.74) is -0.302. The fourth-order valence-electron chi connectivity index (χ4n) is 2.31. The Bertz CT molecular complexity index is 551. The van der Waals surface area contributed by atoms with Crippen LogP contribution in [0.2, 0.25) is 0 Å². The van der Waals surface area contributed by atoms with Crippen molar-refractivity contribution in [2.24, 2.45) is 0 Å². The second-order valence-corrected chi connectivity index (χ2v) is 5.00. The molecule has 1 aliphatic rings. The van der Waals surface area contributed by atoms with Gasteiger partial charge in [0.05, 0.1) is 18.2 Å². The lowest BCUT2D eigenvalue weighted by atomic mass is 9.99. The molecule has 23 heavy (non-hydrogen) atoms. The van der Waals surface area contributed by atoms with Gasteiger partial charge in [0, 0.05) is 6.61 Å². The first-order chi connectivity index (χ1) is 10.8. The van der Waals surface area contributed by atoms with Crippen molar-refractivity contribution in [3.63, 3.8) is 0 Å². The summed E-state index contributed by atoms with van der Waals surface area (Å²) < 4.78 is 46.0. The number of rotatable bonds is 4. The SMILES string of the molecule is O=C(N[C@H]1CCO[C@H](CO)[C@H]1O)c1ccccc1OC(F)(F)F.